The lowest BCUT2D eigenvalue weighted by Crippen LogP contribution is -2.39. The second-order valence-electron chi connectivity index (χ2n) is 8.10. The molecule has 14 heteroatoms. The molecule has 2 N–H and O–H groups in total. The Bertz CT molecular complexity index is 1520. The van der Waals surface area contributed by atoms with E-state index < -0.39 is 32.5 Å². The maximum atomic E-state index is 12.8. The van der Waals surface area contributed by atoms with Crippen molar-refractivity contribution in [3.8, 4) is 11.5 Å². The smallest absolute Gasteiger partial charge is 0.264 e. The highest BCUT2D eigenvalue weighted by Crippen LogP contribution is 2.36. The van der Waals surface area contributed by atoms with Crippen LogP contribution in [-0.2, 0) is 24.8 Å². The van der Waals surface area contributed by atoms with E-state index in [1.807, 2.05) is 0 Å². The quantitative estimate of drug-likeness (QED) is 0.410. The van der Waals surface area contributed by atoms with Gasteiger partial charge >= 0.3 is 0 Å². The first kappa shape index (κ1) is 26.2. The number of hydrogen-bond donors (Lipinski definition) is 2. The fourth-order valence-corrected chi connectivity index (χ4v) is 5.55. The lowest BCUT2D eigenvalue weighted by Gasteiger charge is -2.23. The molecule has 0 spiro atoms. The molecule has 0 fully saturated rings. The summed E-state index contributed by atoms with van der Waals surface area (Å²) in [5.74, 6) is -0.0254. The van der Waals surface area contributed by atoms with Crippen LogP contribution in [0.15, 0.2) is 53.4 Å². The number of nitrogens with one attached hydrogen (secondary N) is 2. The summed E-state index contributed by atoms with van der Waals surface area (Å²) >= 11 is 0. The number of amides is 1. The van der Waals surface area contributed by atoms with Crippen LogP contribution in [0.1, 0.15) is 18.3 Å². The third kappa shape index (κ3) is 6.09. The van der Waals surface area contributed by atoms with Gasteiger partial charge < -0.3 is 14.8 Å². The number of hydrogen-bond acceptors (Lipinski definition) is 9. The number of aromatic nitrogens is 2. The maximum absolute atomic E-state index is 12.8. The molecule has 2 heterocycles. The van der Waals surface area contributed by atoms with Crippen molar-refractivity contribution in [3.05, 3.63) is 59.9 Å². The monoisotopic (exact) mass is 547 g/mol. The molecule has 1 aliphatic heterocycles. The van der Waals surface area contributed by atoms with Crippen LogP contribution in [0.2, 0.25) is 0 Å². The summed E-state index contributed by atoms with van der Waals surface area (Å²) in [4.78, 5) is 20.8. The first-order valence-corrected chi connectivity index (χ1v) is 14.2. The van der Waals surface area contributed by atoms with Crippen molar-refractivity contribution in [1.29, 1.82) is 0 Å². The van der Waals surface area contributed by atoms with Gasteiger partial charge in [0.2, 0.25) is 28.7 Å². The largest absolute Gasteiger partial charge is 0.454 e. The summed E-state index contributed by atoms with van der Waals surface area (Å²) in [7, 11) is -7.78. The first-order chi connectivity index (χ1) is 17.5. The van der Waals surface area contributed by atoms with Crippen molar-refractivity contribution in [1.82, 2.24) is 9.97 Å². The first-order valence-electron chi connectivity index (χ1n) is 11.1. The second kappa shape index (κ2) is 10.2. The maximum Gasteiger partial charge on any atom is 0.264 e. The molecule has 3 aromatic rings. The molecule has 0 saturated carbocycles. The molecule has 1 amide bonds. The average Bonchev–Trinajstić information content (AvgIpc) is 3.30. The van der Waals surface area contributed by atoms with E-state index in [0.717, 1.165) is 4.31 Å². The van der Waals surface area contributed by atoms with Gasteiger partial charge in [-0.15, -0.1) is 0 Å². The number of fused-ring (bicyclic) bond motifs is 1. The van der Waals surface area contributed by atoms with Crippen LogP contribution < -0.4 is 23.8 Å². The van der Waals surface area contributed by atoms with E-state index in [9.17, 15) is 21.6 Å². The number of rotatable bonds is 9. The van der Waals surface area contributed by atoms with E-state index in [2.05, 4.69) is 20.0 Å². The third-order valence-electron chi connectivity index (χ3n) is 5.29. The van der Waals surface area contributed by atoms with Gasteiger partial charge in [-0.2, -0.15) is 0 Å². The zero-order valence-electron chi connectivity index (χ0n) is 20.3. The third-order valence-corrected chi connectivity index (χ3v) is 8.37. The van der Waals surface area contributed by atoms with Crippen molar-refractivity contribution >= 4 is 43.3 Å². The number of aryl methyl sites for hydroxylation is 2. The molecule has 1 aliphatic rings. The molecule has 0 atom stereocenters. The summed E-state index contributed by atoms with van der Waals surface area (Å²) in [6.07, 6.45) is 0. The lowest BCUT2D eigenvalue weighted by atomic mass is 10.2. The van der Waals surface area contributed by atoms with Crippen LogP contribution >= 0.6 is 0 Å². The van der Waals surface area contributed by atoms with Gasteiger partial charge in [0, 0.05) is 23.1 Å². The number of benzene rings is 2. The summed E-state index contributed by atoms with van der Waals surface area (Å²) in [6, 6.07) is 11.7. The van der Waals surface area contributed by atoms with Gasteiger partial charge in [0.15, 0.2) is 11.5 Å². The summed E-state index contributed by atoms with van der Waals surface area (Å²) in [6.45, 7) is 4.45. The minimum atomic E-state index is -3.97. The van der Waals surface area contributed by atoms with Gasteiger partial charge in [0.1, 0.15) is 6.54 Å². The predicted molar refractivity (Wildman–Crippen MR) is 137 cm³/mol. The Kier molecular flexibility index (Phi) is 7.23. The van der Waals surface area contributed by atoms with Crippen LogP contribution in [0.3, 0.4) is 0 Å². The molecule has 1 aromatic heterocycles. The number of anilines is 3. The standard InChI is InChI=1S/C23H25N5O7S2/c1-4-36(30,31)28(18-7-10-20-21(12-18)35-14-34-20)13-22(29)26-17-5-8-19(9-6-17)37(32,33)27-23-24-15(2)11-16(3)25-23/h5-12H,4,13-14H2,1-3H3,(H,26,29)(H,24,25,27). The number of ether oxygens (including phenoxy) is 2. The zero-order chi connectivity index (χ0) is 26.8. The number of nitrogens with zero attached hydrogens (tertiary/aromatic N) is 3. The molecule has 0 aliphatic carbocycles. The minimum absolute atomic E-state index is 0.0265. The van der Waals surface area contributed by atoms with Crippen LogP contribution in [0.4, 0.5) is 17.3 Å². The number of sulfonamides is 2. The molecule has 12 nitrogen and oxygen atoms in total. The SMILES string of the molecule is CCS(=O)(=O)N(CC(=O)Nc1ccc(S(=O)(=O)Nc2nc(C)cc(C)n2)cc1)c1ccc2c(c1)OCO2. The number of carbonyl (C=O) groups excluding carboxylic acids is 1. The van der Waals surface area contributed by atoms with Crippen molar-refractivity contribution < 1.29 is 31.1 Å². The van der Waals surface area contributed by atoms with E-state index in [-0.39, 0.29) is 34.8 Å². The Hall–Kier alpha value is -3.91. The molecule has 2 aromatic carbocycles. The van der Waals surface area contributed by atoms with Gasteiger partial charge in [-0.3, -0.25) is 9.10 Å². The second-order valence-corrected chi connectivity index (χ2v) is 12.0. The van der Waals surface area contributed by atoms with Gasteiger partial charge in [0.25, 0.3) is 10.0 Å². The van der Waals surface area contributed by atoms with Crippen molar-refractivity contribution in [2.24, 2.45) is 0 Å². The Morgan fingerprint density at radius 3 is 2.24 bits per heavy atom. The van der Waals surface area contributed by atoms with Crippen molar-refractivity contribution in [2.45, 2.75) is 25.7 Å². The highest BCUT2D eigenvalue weighted by Gasteiger charge is 2.26. The summed E-state index contributed by atoms with van der Waals surface area (Å²) < 4.78 is 64.8. The molecule has 0 bridgehead atoms. The zero-order valence-corrected chi connectivity index (χ0v) is 21.9. The van der Waals surface area contributed by atoms with Crippen molar-refractivity contribution in [3.63, 3.8) is 0 Å². The molecular weight excluding hydrogens is 522 g/mol. The Labute approximate surface area is 214 Å². The highest BCUT2D eigenvalue weighted by atomic mass is 32.2. The van der Waals surface area contributed by atoms with Crippen LogP contribution in [0.25, 0.3) is 0 Å². The van der Waals surface area contributed by atoms with Gasteiger partial charge in [0.05, 0.1) is 16.3 Å². The van der Waals surface area contributed by atoms with Gasteiger partial charge in [-0.25, -0.2) is 31.5 Å². The summed E-state index contributed by atoms with van der Waals surface area (Å²) in [5.41, 5.74) is 1.76. The van der Waals surface area contributed by atoms with Crippen LogP contribution in [0.5, 0.6) is 11.5 Å². The van der Waals surface area contributed by atoms with E-state index in [4.69, 9.17) is 9.47 Å². The Morgan fingerprint density at radius 1 is 0.946 bits per heavy atom. The minimum Gasteiger partial charge on any atom is -0.454 e. The van der Waals surface area contributed by atoms with E-state index in [0.29, 0.717) is 22.9 Å². The topological polar surface area (TPSA) is 157 Å². The fourth-order valence-electron chi connectivity index (χ4n) is 3.55. The molecule has 196 valence electrons. The van der Waals surface area contributed by atoms with Gasteiger partial charge in [-0.1, -0.05) is 0 Å². The average molecular weight is 548 g/mol. The Morgan fingerprint density at radius 2 is 1.59 bits per heavy atom. The highest BCUT2D eigenvalue weighted by molar-refractivity contribution is 7.93. The van der Waals surface area contributed by atoms with E-state index in [1.54, 1.807) is 26.0 Å². The molecule has 0 radical (unpaired) electrons. The summed E-state index contributed by atoms with van der Waals surface area (Å²) in [5, 5.41) is 2.59. The van der Waals surface area contributed by atoms with Gasteiger partial charge in [-0.05, 0) is 63.2 Å². The molecule has 37 heavy (non-hydrogen) atoms. The Balaban J connectivity index is 1.47. The van der Waals surface area contributed by atoms with Crippen LogP contribution in [-0.4, -0.2) is 51.8 Å². The molecule has 0 unspecified atom stereocenters. The van der Waals surface area contributed by atoms with E-state index in [1.165, 1.54) is 43.3 Å². The van der Waals surface area contributed by atoms with Crippen LogP contribution in [0, 0.1) is 13.8 Å². The normalized spacial score (nSPS) is 12.7. The molecule has 4 rings (SSSR count). The molecular formula is C23H25N5O7S2. The predicted octanol–water partition coefficient (Wildman–Crippen LogP) is 2.42. The number of carbonyl (C=O) groups is 1. The van der Waals surface area contributed by atoms with Crippen molar-refractivity contribution in [2.75, 3.05) is 33.4 Å². The van der Waals surface area contributed by atoms with E-state index >= 15 is 0 Å². The fraction of sp³-hybridized carbons (Fsp3) is 0.261. The molecule has 0 saturated heterocycles. The lowest BCUT2D eigenvalue weighted by molar-refractivity contribution is -0.114.